The zero-order chi connectivity index (χ0) is 14.4. The highest BCUT2D eigenvalue weighted by Gasteiger charge is 2.16. The molecule has 0 aliphatic heterocycles. The van der Waals surface area contributed by atoms with E-state index in [1.807, 2.05) is 6.07 Å². The van der Waals surface area contributed by atoms with E-state index < -0.39 is 6.04 Å². The molecule has 2 aromatic rings. The molecule has 20 heavy (non-hydrogen) atoms. The Morgan fingerprint density at radius 3 is 2.40 bits per heavy atom. The number of hydrogen-bond donors (Lipinski definition) is 2. The molecule has 0 radical (unpaired) electrons. The maximum Gasteiger partial charge on any atom is 0.251 e. The zero-order valence-electron chi connectivity index (χ0n) is 11.0. The molecule has 1 atom stereocenters. The summed E-state index contributed by atoms with van der Waals surface area (Å²) in [6.45, 7) is 1.62. The number of hydrogen-bond acceptors (Lipinski definition) is 3. The van der Waals surface area contributed by atoms with Gasteiger partial charge in [-0.05, 0) is 31.2 Å². The molecule has 0 spiro atoms. The number of carbonyl (C=O) groups excluding carboxylic acids is 2. The SMILES string of the molecule is CC(NC(=O)c1ccccc1)C(=O)Nc1ccccn1. The van der Waals surface area contributed by atoms with Crippen LogP contribution in [0.3, 0.4) is 0 Å². The van der Waals surface area contributed by atoms with Crippen molar-refractivity contribution in [3.63, 3.8) is 0 Å². The Kier molecular flexibility index (Phi) is 4.44. The van der Waals surface area contributed by atoms with Gasteiger partial charge in [0.05, 0.1) is 0 Å². The van der Waals surface area contributed by atoms with Gasteiger partial charge in [-0.25, -0.2) is 4.98 Å². The molecule has 2 amide bonds. The Morgan fingerprint density at radius 2 is 1.75 bits per heavy atom. The molecule has 5 heteroatoms. The molecule has 1 aromatic heterocycles. The number of nitrogens with zero attached hydrogens (tertiary/aromatic N) is 1. The van der Waals surface area contributed by atoms with Crippen molar-refractivity contribution in [2.24, 2.45) is 0 Å². The third-order valence-corrected chi connectivity index (χ3v) is 2.69. The second-order valence-corrected chi connectivity index (χ2v) is 4.27. The standard InChI is InChI=1S/C15H15N3O2/c1-11(14(19)18-13-9-5-6-10-16-13)17-15(20)12-7-3-2-4-8-12/h2-11H,1H3,(H,17,20)(H,16,18,19). The van der Waals surface area contributed by atoms with Crippen molar-refractivity contribution in [1.29, 1.82) is 0 Å². The monoisotopic (exact) mass is 269 g/mol. The molecule has 2 rings (SSSR count). The number of anilines is 1. The van der Waals surface area contributed by atoms with Crippen LogP contribution in [0.25, 0.3) is 0 Å². The maximum absolute atomic E-state index is 11.9. The van der Waals surface area contributed by atoms with E-state index in [0.29, 0.717) is 11.4 Å². The summed E-state index contributed by atoms with van der Waals surface area (Å²) >= 11 is 0. The van der Waals surface area contributed by atoms with Crippen LogP contribution in [0.15, 0.2) is 54.7 Å². The normalized spacial score (nSPS) is 11.4. The van der Waals surface area contributed by atoms with Crippen molar-refractivity contribution in [3.8, 4) is 0 Å². The van der Waals surface area contributed by atoms with Crippen LogP contribution >= 0.6 is 0 Å². The predicted octanol–water partition coefficient (Wildman–Crippen LogP) is 1.84. The Labute approximate surface area is 117 Å². The van der Waals surface area contributed by atoms with Gasteiger partial charge in [-0.1, -0.05) is 24.3 Å². The molecule has 0 fully saturated rings. The highest BCUT2D eigenvalue weighted by Crippen LogP contribution is 2.02. The van der Waals surface area contributed by atoms with Crippen molar-refractivity contribution in [1.82, 2.24) is 10.3 Å². The van der Waals surface area contributed by atoms with Gasteiger partial charge in [-0.15, -0.1) is 0 Å². The lowest BCUT2D eigenvalue weighted by atomic mass is 10.2. The third kappa shape index (κ3) is 3.65. The molecule has 0 aliphatic carbocycles. The van der Waals surface area contributed by atoms with Crippen molar-refractivity contribution in [2.45, 2.75) is 13.0 Å². The number of nitrogens with one attached hydrogen (secondary N) is 2. The second kappa shape index (κ2) is 6.47. The third-order valence-electron chi connectivity index (χ3n) is 2.69. The van der Waals surface area contributed by atoms with Gasteiger partial charge in [0.25, 0.3) is 5.91 Å². The summed E-state index contributed by atoms with van der Waals surface area (Å²) in [7, 11) is 0. The van der Waals surface area contributed by atoms with E-state index in [0.717, 1.165) is 0 Å². The van der Waals surface area contributed by atoms with Gasteiger partial charge in [-0.2, -0.15) is 0 Å². The predicted molar refractivity (Wildman–Crippen MR) is 76.2 cm³/mol. The van der Waals surface area contributed by atoms with Gasteiger partial charge in [0.15, 0.2) is 0 Å². The van der Waals surface area contributed by atoms with Crippen molar-refractivity contribution in [2.75, 3.05) is 5.32 Å². The van der Waals surface area contributed by atoms with Gasteiger partial charge in [0, 0.05) is 11.8 Å². The van der Waals surface area contributed by atoms with Gasteiger partial charge < -0.3 is 10.6 Å². The zero-order valence-corrected chi connectivity index (χ0v) is 11.0. The first kappa shape index (κ1) is 13.7. The summed E-state index contributed by atoms with van der Waals surface area (Å²) in [5.41, 5.74) is 0.519. The van der Waals surface area contributed by atoms with E-state index >= 15 is 0 Å². The van der Waals surface area contributed by atoms with Crippen LogP contribution in [0.2, 0.25) is 0 Å². The summed E-state index contributed by atoms with van der Waals surface area (Å²) in [5, 5.41) is 5.27. The first-order valence-electron chi connectivity index (χ1n) is 6.24. The summed E-state index contributed by atoms with van der Waals surface area (Å²) in [6.07, 6.45) is 1.59. The van der Waals surface area contributed by atoms with Gasteiger partial charge in [0.2, 0.25) is 5.91 Å². The molecule has 0 aliphatic rings. The van der Waals surface area contributed by atoms with Crippen molar-refractivity contribution >= 4 is 17.6 Å². The highest BCUT2D eigenvalue weighted by atomic mass is 16.2. The lowest BCUT2D eigenvalue weighted by Crippen LogP contribution is -2.41. The lowest BCUT2D eigenvalue weighted by molar-refractivity contribution is -0.117. The molecule has 2 N–H and O–H groups in total. The van der Waals surface area contributed by atoms with Crippen molar-refractivity contribution < 1.29 is 9.59 Å². The molecule has 1 unspecified atom stereocenters. The van der Waals surface area contributed by atoms with E-state index in [9.17, 15) is 9.59 Å². The fourth-order valence-electron chi connectivity index (χ4n) is 1.61. The Morgan fingerprint density at radius 1 is 1.05 bits per heavy atom. The molecule has 1 aromatic carbocycles. The minimum absolute atomic E-state index is 0.283. The van der Waals surface area contributed by atoms with Crippen LogP contribution in [0.1, 0.15) is 17.3 Å². The summed E-state index contributed by atoms with van der Waals surface area (Å²) in [5.74, 6) is -0.138. The molecule has 5 nitrogen and oxygen atoms in total. The Bertz CT molecular complexity index is 585. The van der Waals surface area contributed by atoms with E-state index in [1.165, 1.54) is 0 Å². The fourth-order valence-corrected chi connectivity index (χ4v) is 1.61. The Balaban J connectivity index is 1.93. The van der Waals surface area contributed by atoms with Crippen LogP contribution < -0.4 is 10.6 Å². The van der Waals surface area contributed by atoms with Gasteiger partial charge in [-0.3, -0.25) is 9.59 Å². The van der Waals surface area contributed by atoms with E-state index in [4.69, 9.17) is 0 Å². The average molecular weight is 269 g/mol. The Hall–Kier alpha value is -2.69. The van der Waals surface area contributed by atoms with E-state index in [1.54, 1.807) is 55.6 Å². The van der Waals surface area contributed by atoms with Crippen molar-refractivity contribution in [3.05, 3.63) is 60.3 Å². The maximum atomic E-state index is 11.9. The van der Waals surface area contributed by atoms with Crippen LogP contribution in [0.4, 0.5) is 5.82 Å². The fraction of sp³-hybridized carbons (Fsp3) is 0.133. The first-order chi connectivity index (χ1) is 9.66. The van der Waals surface area contributed by atoms with E-state index in [2.05, 4.69) is 15.6 Å². The number of amides is 2. The molecule has 102 valence electrons. The van der Waals surface area contributed by atoms with Crippen LogP contribution in [0.5, 0.6) is 0 Å². The summed E-state index contributed by atoms with van der Waals surface area (Å²) < 4.78 is 0. The van der Waals surface area contributed by atoms with E-state index in [-0.39, 0.29) is 11.8 Å². The van der Waals surface area contributed by atoms with Crippen LogP contribution in [-0.4, -0.2) is 22.8 Å². The molecule has 0 saturated carbocycles. The minimum Gasteiger partial charge on any atom is -0.341 e. The first-order valence-corrected chi connectivity index (χ1v) is 6.24. The largest absolute Gasteiger partial charge is 0.341 e. The van der Waals surface area contributed by atoms with Gasteiger partial charge >= 0.3 is 0 Å². The second-order valence-electron chi connectivity index (χ2n) is 4.27. The molecular weight excluding hydrogens is 254 g/mol. The molecule has 1 heterocycles. The number of benzene rings is 1. The number of pyridine rings is 1. The van der Waals surface area contributed by atoms with Gasteiger partial charge in [0.1, 0.15) is 11.9 Å². The number of carbonyl (C=O) groups is 2. The lowest BCUT2D eigenvalue weighted by Gasteiger charge is -2.13. The smallest absolute Gasteiger partial charge is 0.251 e. The highest BCUT2D eigenvalue weighted by molar-refractivity contribution is 6.00. The quantitative estimate of drug-likeness (QED) is 0.889. The summed E-state index contributed by atoms with van der Waals surface area (Å²) in [4.78, 5) is 27.8. The van der Waals surface area contributed by atoms with Crippen LogP contribution in [-0.2, 0) is 4.79 Å². The molecular formula is C15H15N3O2. The average Bonchev–Trinajstić information content (AvgIpc) is 2.49. The van der Waals surface area contributed by atoms with Crippen LogP contribution in [0, 0.1) is 0 Å². The summed E-state index contributed by atoms with van der Waals surface area (Å²) in [6, 6.07) is 13.3. The molecule has 0 bridgehead atoms. The minimum atomic E-state index is -0.648. The molecule has 0 saturated heterocycles. The number of aromatic nitrogens is 1. The number of rotatable bonds is 4. The topological polar surface area (TPSA) is 71.1 Å².